The molecule has 18 heavy (non-hydrogen) atoms. The number of carboxylic acid groups (broad SMARTS) is 2. The maximum atomic E-state index is 10.8. The van der Waals surface area contributed by atoms with Crippen LogP contribution in [-0.2, 0) is 6.67 Å². The molecule has 0 atom stereocenters. The number of rotatable bonds is 2. The van der Waals surface area contributed by atoms with Crippen molar-refractivity contribution in [3.05, 3.63) is 23.8 Å². The largest absolute Gasteiger partial charge is 0.464 e. The molecule has 1 aromatic heterocycles. The molecule has 2 amide bonds. The molecule has 0 bridgehead atoms. The van der Waals surface area contributed by atoms with Crippen LogP contribution in [0.3, 0.4) is 0 Å². The second-order valence-electron chi connectivity index (χ2n) is 3.67. The van der Waals surface area contributed by atoms with Crippen LogP contribution in [0.5, 0.6) is 0 Å². The average Bonchev–Trinajstić information content (AvgIpc) is 2.69. The van der Waals surface area contributed by atoms with E-state index < -0.39 is 18.9 Å². The van der Waals surface area contributed by atoms with E-state index in [2.05, 4.69) is 10.3 Å². The van der Waals surface area contributed by atoms with Crippen molar-refractivity contribution >= 4 is 23.2 Å². The summed E-state index contributed by atoms with van der Waals surface area (Å²) in [4.78, 5) is 21.7. The summed E-state index contributed by atoms with van der Waals surface area (Å²) in [5, 5.41) is 25.2. The van der Waals surface area contributed by atoms with Crippen molar-refractivity contribution in [2.45, 2.75) is 13.6 Å². The molecule has 0 fully saturated rings. The van der Waals surface area contributed by atoms with Crippen molar-refractivity contribution < 1.29 is 19.8 Å². The normalized spacial score (nSPS) is 10.5. The Bertz CT molecular complexity index is 607. The van der Waals surface area contributed by atoms with Crippen LogP contribution in [0.2, 0.25) is 0 Å². The third kappa shape index (κ3) is 1.95. The highest BCUT2D eigenvalue weighted by Crippen LogP contribution is 2.15. The Morgan fingerprint density at radius 1 is 1.33 bits per heavy atom. The quantitative estimate of drug-likeness (QED) is 0.832. The van der Waals surface area contributed by atoms with Crippen LogP contribution >= 0.6 is 0 Å². The van der Waals surface area contributed by atoms with E-state index in [0.29, 0.717) is 11.0 Å². The molecule has 1 heterocycles. The van der Waals surface area contributed by atoms with Crippen molar-refractivity contribution in [3.63, 3.8) is 0 Å². The van der Waals surface area contributed by atoms with Gasteiger partial charge in [0, 0.05) is 0 Å². The first-order valence-corrected chi connectivity index (χ1v) is 5.03. The molecule has 94 valence electrons. The van der Waals surface area contributed by atoms with E-state index in [0.717, 1.165) is 5.56 Å². The Labute approximate surface area is 101 Å². The fourth-order valence-electron chi connectivity index (χ4n) is 1.57. The predicted octanol–water partition coefficient (Wildman–Crippen LogP) is 1.36. The van der Waals surface area contributed by atoms with E-state index in [9.17, 15) is 9.59 Å². The van der Waals surface area contributed by atoms with Gasteiger partial charge in [0.15, 0.2) is 0 Å². The smallest absolute Gasteiger partial charge is 0.418 e. The molecule has 2 N–H and O–H groups in total. The van der Waals surface area contributed by atoms with Crippen LogP contribution in [0.25, 0.3) is 11.0 Å². The Balaban J connectivity index is 2.40. The highest BCUT2D eigenvalue weighted by atomic mass is 16.4. The molecule has 0 aliphatic carbocycles. The third-order valence-corrected chi connectivity index (χ3v) is 2.48. The van der Waals surface area contributed by atoms with Crippen molar-refractivity contribution in [2.75, 3.05) is 0 Å². The lowest BCUT2D eigenvalue weighted by Gasteiger charge is -2.13. The number of aryl methyl sites for hydroxylation is 1. The summed E-state index contributed by atoms with van der Waals surface area (Å²) < 4.78 is 1.23. The fourth-order valence-corrected chi connectivity index (χ4v) is 1.57. The number of benzene rings is 1. The molecular formula is C10H10N4O4. The maximum absolute atomic E-state index is 10.8. The van der Waals surface area contributed by atoms with Gasteiger partial charge >= 0.3 is 12.2 Å². The summed E-state index contributed by atoms with van der Waals surface area (Å²) in [5.74, 6) is 0. The fraction of sp³-hybridized carbons (Fsp3) is 0.200. The minimum atomic E-state index is -1.56. The van der Waals surface area contributed by atoms with E-state index in [1.54, 1.807) is 12.1 Å². The van der Waals surface area contributed by atoms with E-state index in [4.69, 9.17) is 10.2 Å². The van der Waals surface area contributed by atoms with Crippen LogP contribution in [0.4, 0.5) is 9.59 Å². The van der Waals surface area contributed by atoms with Gasteiger partial charge in [0.25, 0.3) is 0 Å². The van der Waals surface area contributed by atoms with Gasteiger partial charge in [0.1, 0.15) is 12.2 Å². The average molecular weight is 250 g/mol. The Morgan fingerprint density at radius 2 is 2.00 bits per heavy atom. The third-order valence-electron chi connectivity index (χ3n) is 2.48. The summed E-state index contributed by atoms with van der Waals surface area (Å²) in [5.41, 5.74) is 2.09. The number of imide groups is 1. The molecule has 2 rings (SSSR count). The lowest BCUT2D eigenvalue weighted by molar-refractivity contribution is 0.109. The standard InChI is InChI=1S/C10H10N4O4/c1-6-3-2-4-7-8(6)11-12-14(7)5-13(9(15)16)10(17)18/h2-4H,5H2,1H3,(H,15,16)(H,17,18). The SMILES string of the molecule is Cc1cccc2c1nnn2CN(C(=O)O)C(=O)O. The topological polar surface area (TPSA) is 109 Å². The predicted molar refractivity (Wildman–Crippen MR) is 60.2 cm³/mol. The summed E-state index contributed by atoms with van der Waals surface area (Å²) in [6, 6.07) is 5.31. The minimum absolute atomic E-state index is 0.233. The van der Waals surface area contributed by atoms with Gasteiger partial charge in [-0.3, -0.25) is 0 Å². The van der Waals surface area contributed by atoms with Gasteiger partial charge in [-0.25, -0.2) is 14.3 Å². The van der Waals surface area contributed by atoms with Crippen LogP contribution in [0.15, 0.2) is 18.2 Å². The summed E-state index contributed by atoms with van der Waals surface area (Å²) in [6.07, 6.45) is -3.11. The lowest BCUT2D eigenvalue weighted by atomic mass is 10.2. The molecule has 0 spiro atoms. The molecule has 8 nitrogen and oxygen atoms in total. The zero-order valence-corrected chi connectivity index (χ0v) is 9.44. The molecule has 2 aromatic rings. The molecule has 0 radical (unpaired) electrons. The van der Waals surface area contributed by atoms with Crippen LogP contribution in [0, 0.1) is 6.92 Å². The summed E-state index contributed by atoms with van der Waals surface area (Å²) in [6.45, 7) is 1.43. The lowest BCUT2D eigenvalue weighted by Crippen LogP contribution is -2.36. The van der Waals surface area contributed by atoms with E-state index in [1.165, 1.54) is 4.68 Å². The summed E-state index contributed by atoms with van der Waals surface area (Å²) in [7, 11) is 0. The van der Waals surface area contributed by atoms with Gasteiger partial charge in [0.05, 0.1) is 5.52 Å². The van der Waals surface area contributed by atoms with Crippen LogP contribution < -0.4 is 0 Å². The van der Waals surface area contributed by atoms with Gasteiger partial charge in [-0.1, -0.05) is 17.3 Å². The van der Waals surface area contributed by atoms with E-state index in [-0.39, 0.29) is 4.90 Å². The first-order valence-electron chi connectivity index (χ1n) is 5.03. The zero-order chi connectivity index (χ0) is 13.3. The van der Waals surface area contributed by atoms with Crippen molar-refractivity contribution in [1.29, 1.82) is 0 Å². The van der Waals surface area contributed by atoms with Crippen LogP contribution in [0.1, 0.15) is 5.56 Å². The minimum Gasteiger partial charge on any atom is -0.464 e. The van der Waals surface area contributed by atoms with Crippen LogP contribution in [-0.4, -0.2) is 42.3 Å². The molecule has 0 aliphatic heterocycles. The number of aromatic nitrogens is 3. The molecule has 1 aromatic carbocycles. The molecular weight excluding hydrogens is 240 g/mol. The zero-order valence-electron chi connectivity index (χ0n) is 9.44. The van der Waals surface area contributed by atoms with Gasteiger partial charge < -0.3 is 10.2 Å². The highest BCUT2D eigenvalue weighted by molar-refractivity contribution is 5.85. The van der Waals surface area contributed by atoms with Crippen molar-refractivity contribution in [3.8, 4) is 0 Å². The second kappa shape index (κ2) is 4.32. The molecule has 0 saturated carbocycles. The first-order chi connectivity index (χ1) is 8.50. The number of hydrogen-bond donors (Lipinski definition) is 2. The van der Waals surface area contributed by atoms with Crippen molar-refractivity contribution in [2.24, 2.45) is 0 Å². The maximum Gasteiger partial charge on any atom is 0.418 e. The van der Waals surface area contributed by atoms with Crippen molar-refractivity contribution in [1.82, 2.24) is 19.9 Å². The first kappa shape index (κ1) is 11.8. The number of nitrogens with zero attached hydrogens (tertiary/aromatic N) is 4. The van der Waals surface area contributed by atoms with Gasteiger partial charge in [-0.2, -0.15) is 4.90 Å². The monoisotopic (exact) mass is 250 g/mol. The molecule has 0 saturated heterocycles. The molecule has 8 heteroatoms. The summed E-state index contributed by atoms with van der Waals surface area (Å²) >= 11 is 0. The molecule has 0 unspecified atom stereocenters. The van der Waals surface area contributed by atoms with Gasteiger partial charge in [-0.05, 0) is 18.6 Å². The highest BCUT2D eigenvalue weighted by Gasteiger charge is 2.21. The van der Waals surface area contributed by atoms with Gasteiger partial charge in [-0.15, -0.1) is 5.10 Å². The Kier molecular flexibility index (Phi) is 2.84. The second-order valence-corrected chi connectivity index (χ2v) is 3.67. The number of hydrogen-bond acceptors (Lipinski definition) is 4. The Hall–Kier alpha value is -2.64. The number of fused-ring (bicyclic) bond motifs is 1. The van der Waals surface area contributed by atoms with E-state index in [1.807, 2.05) is 13.0 Å². The molecule has 0 aliphatic rings. The Morgan fingerprint density at radius 3 is 2.61 bits per heavy atom. The van der Waals surface area contributed by atoms with E-state index >= 15 is 0 Å². The number of amides is 2. The number of carbonyl (C=O) groups is 2. The van der Waals surface area contributed by atoms with Gasteiger partial charge in [0.2, 0.25) is 0 Å².